The fourth-order valence-corrected chi connectivity index (χ4v) is 1.55. The topological polar surface area (TPSA) is 86.6 Å². The third kappa shape index (κ3) is 4.25. The summed E-state index contributed by atoms with van der Waals surface area (Å²) in [6.45, 7) is 0. The molecule has 18 heavy (non-hydrogen) atoms. The first kappa shape index (κ1) is 14.3. The highest BCUT2D eigenvalue weighted by Gasteiger charge is 2.10. The van der Waals surface area contributed by atoms with Crippen LogP contribution in [0.15, 0.2) is 18.2 Å². The largest absolute Gasteiger partial charge is 0.506 e. The van der Waals surface area contributed by atoms with Gasteiger partial charge in [-0.1, -0.05) is 0 Å². The molecule has 0 aliphatic carbocycles. The zero-order valence-electron chi connectivity index (χ0n) is 9.65. The van der Waals surface area contributed by atoms with Gasteiger partial charge in [0.2, 0.25) is 5.91 Å². The number of aromatic carboxylic acids is 1. The number of phenols is 1. The zero-order valence-corrected chi connectivity index (χ0v) is 10.4. The van der Waals surface area contributed by atoms with Crippen LogP contribution in [-0.4, -0.2) is 28.0 Å². The maximum Gasteiger partial charge on any atom is 0.335 e. The molecule has 0 fully saturated rings. The van der Waals surface area contributed by atoms with Crippen molar-refractivity contribution < 1.29 is 19.8 Å². The number of nitrogens with one attached hydrogen (secondary N) is 1. The van der Waals surface area contributed by atoms with Crippen LogP contribution in [0.25, 0.3) is 0 Å². The van der Waals surface area contributed by atoms with Crippen molar-refractivity contribution in [2.45, 2.75) is 19.3 Å². The first-order valence-corrected chi connectivity index (χ1v) is 6.00. The van der Waals surface area contributed by atoms with E-state index in [1.165, 1.54) is 18.2 Å². The predicted molar refractivity (Wildman–Crippen MR) is 68.3 cm³/mol. The lowest BCUT2D eigenvalue weighted by Crippen LogP contribution is -2.12. The molecule has 1 rings (SSSR count). The zero-order chi connectivity index (χ0) is 13.5. The van der Waals surface area contributed by atoms with Crippen LogP contribution in [-0.2, 0) is 4.79 Å². The van der Waals surface area contributed by atoms with Crippen LogP contribution in [0.2, 0.25) is 0 Å². The van der Waals surface area contributed by atoms with Crippen molar-refractivity contribution >= 4 is 29.2 Å². The molecule has 3 N–H and O–H groups in total. The summed E-state index contributed by atoms with van der Waals surface area (Å²) in [4.78, 5) is 22.3. The minimum absolute atomic E-state index is 0.00357. The summed E-state index contributed by atoms with van der Waals surface area (Å²) in [5, 5.41) is 20.8. The summed E-state index contributed by atoms with van der Waals surface area (Å²) >= 11 is 5.49. The Morgan fingerprint density at radius 1 is 1.28 bits per heavy atom. The van der Waals surface area contributed by atoms with Gasteiger partial charge in [-0.05, 0) is 31.0 Å². The molecular weight excluding hydrogens is 258 g/mol. The van der Waals surface area contributed by atoms with E-state index in [-0.39, 0.29) is 29.3 Å². The Morgan fingerprint density at radius 3 is 2.61 bits per heavy atom. The third-order valence-corrected chi connectivity index (χ3v) is 2.57. The summed E-state index contributed by atoms with van der Waals surface area (Å²) < 4.78 is 0. The summed E-state index contributed by atoms with van der Waals surface area (Å²) in [7, 11) is 0. The second-order valence-electron chi connectivity index (χ2n) is 3.73. The van der Waals surface area contributed by atoms with Crippen LogP contribution in [0.1, 0.15) is 29.6 Å². The molecule has 5 nitrogen and oxygen atoms in total. The van der Waals surface area contributed by atoms with Gasteiger partial charge < -0.3 is 15.5 Å². The van der Waals surface area contributed by atoms with Gasteiger partial charge in [0, 0.05) is 12.3 Å². The number of carboxylic acid groups (broad SMARTS) is 1. The van der Waals surface area contributed by atoms with Gasteiger partial charge in [-0.15, -0.1) is 11.6 Å². The number of hydrogen-bond donors (Lipinski definition) is 3. The van der Waals surface area contributed by atoms with Crippen molar-refractivity contribution in [2.24, 2.45) is 0 Å². The molecule has 0 heterocycles. The SMILES string of the molecule is O=C(CCCCCl)Nc1cc(C(=O)O)ccc1O. The van der Waals surface area contributed by atoms with Crippen LogP contribution in [0.5, 0.6) is 5.75 Å². The first-order chi connectivity index (χ1) is 8.54. The van der Waals surface area contributed by atoms with E-state index in [0.717, 1.165) is 6.42 Å². The molecule has 0 saturated heterocycles. The van der Waals surface area contributed by atoms with Crippen LogP contribution in [0.3, 0.4) is 0 Å². The number of carbonyl (C=O) groups is 2. The fourth-order valence-electron chi connectivity index (χ4n) is 1.36. The normalized spacial score (nSPS) is 10.1. The van der Waals surface area contributed by atoms with Gasteiger partial charge in [0.25, 0.3) is 0 Å². The highest BCUT2D eigenvalue weighted by Crippen LogP contribution is 2.24. The van der Waals surface area contributed by atoms with E-state index in [2.05, 4.69) is 5.32 Å². The Labute approximate surface area is 109 Å². The maximum absolute atomic E-state index is 11.5. The molecule has 0 radical (unpaired) electrons. The predicted octanol–water partition coefficient (Wildman–Crippen LogP) is 2.44. The Balaban J connectivity index is 2.68. The number of aromatic hydroxyl groups is 1. The molecule has 0 unspecified atom stereocenters. The number of anilines is 1. The fraction of sp³-hybridized carbons (Fsp3) is 0.333. The van der Waals surface area contributed by atoms with Gasteiger partial charge in [0.15, 0.2) is 0 Å². The average molecular weight is 272 g/mol. The maximum atomic E-state index is 11.5. The highest BCUT2D eigenvalue weighted by atomic mass is 35.5. The standard InChI is InChI=1S/C12H14ClNO4/c13-6-2-1-3-11(16)14-9-7-8(12(17)18)4-5-10(9)15/h4-5,7,15H,1-3,6H2,(H,14,16)(H,17,18). The second-order valence-corrected chi connectivity index (χ2v) is 4.11. The van der Waals surface area contributed by atoms with Gasteiger partial charge in [-0.3, -0.25) is 4.79 Å². The van der Waals surface area contributed by atoms with E-state index < -0.39 is 5.97 Å². The molecule has 1 aromatic rings. The lowest BCUT2D eigenvalue weighted by molar-refractivity contribution is -0.116. The summed E-state index contributed by atoms with van der Waals surface area (Å²) in [5.41, 5.74) is 0.106. The number of carbonyl (C=O) groups excluding carboxylic acids is 1. The molecule has 1 aromatic carbocycles. The van der Waals surface area contributed by atoms with Crippen LogP contribution in [0.4, 0.5) is 5.69 Å². The monoisotopic (exact) mass is 271 g/mol. The minimum Gasteiger partial charge on any atom is -0.506 e. The van der Waals surface area contributed by atoms with Crippen molar-refractivity contribution in [1.82, 2.24) is 0 Å². The Kier molecular flexibility index (Phi) is 5.45. The number of amides is 1. The highest BCUT2D eigenvalue weighted by molar-refractivity contribution is 6.17. The molecule has 0 aliphatic heterocycles. The summed E-state index contributed by atoms with van der Waals surface area (Å²) in [5.74, 6) is -1.07. The molecule has 0 saturated carbocycles. The molecule has 0 bridgehead atoms. The number of rotatable bonds is 6. The van der Waals surface area contributed by atoms with E-state index in [4.69, 9.17) is 16.7 Å². The van der Waals surface area contributed by atoms with E-state index in [9.17, 15) is 14.7 Å². The number of unbranched alkanes of at least 4 members (excludes halogenated alkanes) is 1. The Bertz CT molecular complexity index is 448. The van der Waals surface area contributed by atoms with Gasteiger partial charge in [0.1, 0.15) is 5.75 Å². The van der Waals surface area contributed by atoms with Gasteiger partial charge in [0.05, 0.1) is 11.3 Å². The van der Waals surface area contributed by atoms with Crippen LogP contribution in [0, 0.1) is 0 Å². The molecule has 6 heteroatoms. The van der Waals surface area contributed by atoms with Crippen molar-refractivity contribution in [3.63, 3.8) is 0 Å². The quantitative estimate of drug-likeness (QED) is 0.421. The molecule has 98 valence electrons. The lowest BCUT2D eigenvalue weighted by Gasteiger charge is -2.08. The van der Waals surface area contributed by atoms with Gasteiger partial charge in [-0.25, -0.2) is 4.79 Å². The summed E-state index contributed by atoms with van der Waals surface area (Å²) in [6, 6.07) is 3.72. The molecule has 1 amide bonds. The summed E-state index contributed by atoms with van der Waals surface area (Å²) in [6.07, 6.45) is 1.66. The van der Waals surface area contributed by atoms with E-state index in [0.29, 0.717) is 12.3 Å². The average Bonchev–Trinajstić information content (AvgIpc) is 2.32. The van der Waals surface area contributed by atoms with Crippen LogP contribution < -0.4 is 5.32 Å². The first-order valence-electron chi connectivity index (χ1n) is 5.46. The smallest absolute Gasteiger partial charge is 0.335 e. The Hall–Kier alpha value is -1.75. The lowest BCUT2D eigenvalue weighted by atomic mass is 10.1. The number of halogens is 1. The van der Waals surface area contributed by atoms with Gasteiger partial charge >= 0.3 is 5.97 Å². The van der Waals surface area contributed by atoms with E-state index in [1.54, 1.807) is 0 Å². The number of carboxylic acids is 1. The number of alkyl halides is 1. The number of phenolic OH excluding ortho intramolecular Hbond substituents is 1. The van der Waals surface area contributed by atoms with E-state index >= 15 is 0 Å². The van der Waals surface area contributed by atoms with Crippen molar-refractivity contribution in [2.75, 3.05) is 11.2 Å². The third-order valence-electron chi connectivity index (χ3n) is 2.31. The van der Waals surface area contributed by atoms with Crippen LogP contribution >= 0.6 is 11.6 Å². The van der Waals surface area contributed by atoms with E-state index in [1.807, 2.05) is 0 Å². The molecule has 0 atom stereocenters. The number of benzene rings is 1. The molecule has 0 aliphatic rings. The van der Waals surface area contributed by atoms with Gasteiger partial charge in [-0.2, -0.15) is 0 Å². The minimum atomic E-state index is -1.12. The van der Waals surface area contributed by atoms with Crippen molar-refractivity contribution in [3.8, 4) is 5.75 Å². The molecular formula is C12H14ClNO4. The second kappa shape index (κ2) is 6.86. The Morgan fingerprint density at radius 2 is 2.00 bits per heavy atom. The number of hydrogen-bond acceptors (Lipinski definition) is 3. The molecule has 0 spiro atoms. The molecule has 0 aromatic heterocycles. The van der Waals surface area contributed by atoms with Crippen molar-refractivity contribution in [3.05, 3.63) is 23.8 Å². The van der Waals surface area contributed by atoms with Crippen molar-refractivity contribution in [1.29, 1.82) is 0 Å².